The molecule has 0 aromatic heterocycles. The van der Waals surface area contributed by atoms with Gasteiger partial charge in [-0.2, -0.15) is 5.10 Å². The maximum Gasteiger partial charge on any atom is 0.329 e. The lowest BCUT2D eigenvalue weighted by atomic mass is 10.2. The van der Waals surface area contributed by atoms with E-state index in [1.54, 1.807) is 72.8 Å². The lowest BCUT2D eigenvalue weighted by Crippen LogP contribution is -2.32. The molecule has 0 radical (unpaired) electrons. The first-order valence-corrected chi connectivity index (χ1v) is 11.5. The Labute approximate surface area is 213 Å². The normalized spacial score (nSPS) is 10.5. The van der Waals surface area contributed by atoms with Crippen LogP contribution in [-0.2, 0) is 14.4 Å². The van der Waals surface area contributed by atoms with Gasteiger partial charge in [-0.3, -0.25) is 14.4 Å². The molecule has 3 amide bonds. The molecule has 36 heavy (non-hydrogen) atoms. The quantitative estimate of drug-likeness (QED) is 0.215. The van der Waals surface area contributed by atoms with Crippen molar-refractivity contribution in [2.24, 2.45) is 5.10 Å². The minimum Gasteiger partial charge on any atom is -0.494 e. The van der Waals surface area contributed by atoms with Crippen molar-refractivity contribution in [1.82, 2.24) is 5.43 Å². The van der Waals surface area contributed by atoms with Crippen LogP contribution in [0, 0.1) is 0 Å². The Balaban J connectivity index is 1.40. The van der Waals surface area contributed by atoms with E-state index >= 15 is 0 Å². The largest absolute Gasteiger partial charge is 0.494 e. The first kappa shape index (κ1) is 26.2. The Morgan fingerprint density at radius 2 is 1.56 bits per heavy atom. The van der Waals surface area contributed by atoms with Gasteiger partial charge in [0.2, 0.25) is 0 Å². The third kappa shape index (κ3) is 8.77. The topological polar surface area (TPSA) is 118 Å². The number of carbonyl (C=O) groups excluding carboxylic acids is 3. The van der Waals surface area contributed by atoms with Crippen LogP contribution in [0.2, 0.25) is 5.02 Å². The first-order valence-electron chi connectivity index (χ1n) is 11.1. The van der Waals surface area contributed by atoms with Gasteiger partial charge in [-0.25, -0.2) is 5.43 Å². The number of amides is 3. The number of halogens is 1. The summed E-state index contributed by atoms with van der Waals surface area (Å²) in [5, 5.41) is 9.48. The van der Waals surface area contributed by atoms with Gasteiger partial charge in [0.1, 0.15) is 11.5 Å². The van der Waals surface area contributed by atoms with Crippen LogP contribution in [0.5, 0.6) is 11.5 Å². The van der Waals surface area contributed by atoms with E-state index in [-0.39, 0.29) is 12.5 Å². The predicted octanol–water partition coefficient (Wildman–Crippen LogP) is 4.24. The molecule has 3 aromatic carbocycles. The molecule has 10 heteroatoms. The lowest BCUT2D eigenvalue weighted by Gasteiger charge is -2.08. The summed E-state index contributed by atoms with van der Waals surface area (Å²) in [5.41, 5.74) is 3.86. The number of benzene rings is 3. The number of anilines is 2. The van der Waals surface area contributed by atoms with Crippen molar-refractivity contribution in [3.63, 3.8) is 0 Å². The lowest BCUT2D eigenvalue weighted by molar-refractivity contribution is -0.136. The summed E-state index contributed by atoms with van der Waals surface area (Å²) >= 11 is 5.90. The Morgan fingerprint density at radius 3 is 2.25 bits per heavy atom. The second-order valence-corrected chi connectivity index (χ2v) is 7.88. The molecule has 0 bridgehead atoms. The van der Waals surface area contributed by atoms with Crippen molar-refractivity contribution >= 4 is 46.9 Å². The number of nitrogens with one attached hydrogen (secondary N) is 3. The standard InChI is InChI=1S/C26H25ClN4O5/c1-2-14-35-22-12-8-20(9-13-22)30-25(33)26(34)31-28-16-18-6-10-23(11-7-18)36-17-24(32)29-21-5-3-4-19(27)15-21/h3-13,15-16H,2,14,17H2,1H3,(H,29,32)(H,30,33)(H,31,34)/b28-16-. The number of ether oxygens (including phenoxy) is 2. The van der Waals surface area contributed by atoms with Crippen LogP contribution in [0.3, 0.4) is 0 Å². The molecule has 3 N–H and O–H groups in total. The molecule has 0 aliphatic rings. The van der Waals surface area contributed by atoms with Crippen molar-refractivity contribution < 1.29 is 23.9 Å². The minimum absolute atomic E-state index is 0.181. The van der Waals surface area contributed by atoms with Crippen LogP contribution < -0.4 is 25.5 Å². The number of hydrogen-bond acceptors (Lipinski definition) is 6. The highest BCUT2D eigenvalue weighted by atomic mass is 35.5. The van der Waals surface area contributed by atoms with E-state index in [1.807, 2.05) is 6.92 Å². The van der Waals surface area contributed by atoms with Gasteiger partial charge in [-0.05, 0) is 78.7 Å². The van der Waals surface area contributed by atoms with E-state index in [1.165, 1.54) is 6.21 Å². The molecule has 3 rings (SSSR count). The highest BCUT2D eigenvalue weighted by Crippen LogP contribution is 2.17. The zero-order valence-electron chi connectivity index (χ0n) is 19.5. The molecule has 0 atom stereocenters. The fourth-order valence-electron chi connectivity index (χ4n) is 2.82. The van der Waals surface area contributed by atoms with E-state index < -0.39 is 11.8 Å². The molecule has 0 aliphatic carbocycles. The van der Waals surface area contributed by atoms with E-state index in [0.29, 0.717) is 40.1 Å². The average molecular weight is 509 g/mol. The van der Waals surface area contributed by atoms with Gasteiger partial charge in [0, 0.05) is 16.4 Å². The van der Waals surface area contributed by atoms with Crippen molar-refractivity contribution in [1.29, 1.82) is 0 Å². The summed E-state index contributed by atoms with van der Waals surface area (Å²) in [5.74, 6) is -0.939. The van der Waals surface area contributed by atoms with Gasteiger partial charge < -0.3 is 20.1 Å². The Hall–Kier alpha value is -4.37. The molecule has 0 heterocycles. The number of rotatable bonds is 10. The van der Waals surface area contributed by atoms with Gasteiger partial charge in [-0.15, -0.1) is 0 Å². The summed E-state index contributed by atoms with van der Waals surface area (Å²) in [7, 11) is 0. The number of nitrogens with zero attached hydrogens (tertiary/aromatic N) is 1. The van der Waals surface area contributed by atoms with Gasteiger partial charge in [-0.1, -0.05) is 24.6 Å². The summed E-state index contributed by atoms with van der Waals surface area (Å²) < 4.78 is 10.9. The van der Waals surface area contributed by atoms with Crippen molar-refractivity contribution in [3.05, 3.63) is 83.4 Å². The summed E-state index contributed by atoms with van der Waals surface area (Å²) in [6.45, 7) is 2.43. The highest BCUT2D eigenvalue weighted by Gasteiger charge is 2.13. The third-order valence-corrected chi connectivity index (χ3v) is 4.76. The maximum atomic E-state index is 12.0. The van der Waals surface area contributed by atoms with Crippen molar-refractivity contribution in [2.45, 2.75) is 13.3 Å². The van der Waals surface area contributed by atoms with E-state index in [9.17, 15) is 14.4 Å². The molecule has 0 spiro atoms. The molecule has 0 fully saturated rings. The van der Waals surface area contributed by atoms with Crippen LogP contribution in [0.15, 0.2) is 77.9 Å². The molecule has 3 aromatic rings. The van der Waals surface area contributed by atoms with Crippen molar-refractivity contribution in [2.75, 3.05) is 23.8 Å². The zero-order chi connectivity index (χ0) is 25.8. The molecule has 0 saturated heterocycles. The van der Waals surface area contributed by atoms with E-state index in [0.717, 1.165) is 6.42 Å². The Bertz CT molecular complexity index is 1210. The molecular formula is C26H25ClN4O5. The molecule has 0 aliphatic heterocycles. The van der Waals surface area contributed by atoms with Crippen LogP contribution >= 0.6 is 11.6 Å². The van der Waals surface area contributed by atoms with Crippen LogP contribution in [0.25, 0.3) is 0 Å². The van der Waals surface area contributed by atoms with Gasteiger partial charge in [0.25, 0.3) is 5.91 Å². The number of hydrazone groups is 1. The van der Waals surface area contributed by atoms with Gasteiger partial charge in [0.05, 0.1) is 12.8 Å². The predicted molar refractivity (Wildman–Crippen MR) is 139 cm³/mol. The van der Waals surface area contributed by atoms with Gasteiger partial charge >= 0.3 is 11.8 Å². The molecule has 0 saturated carbocycles. The SMILES string of the molecule is CCCOc1ccc(NC(=O)C(=O)N/N=C\c2ccc(OCC(=O)Nc3cccc(Cl)c3)cc2)cc1. The second kappa shape index (κ2) is 13.5. The monoisotopic (exact) mass is 508 g/mol. The smallest absolute Gasteiger partial charge is 0.329 e. The fourth-order valence-corrected chi connectivity index (χ4v) is 3.01. The Morgan fingerprint density at radius 1 is 0.861 bits per heavy atom. The average Bonchev–Trinajstić information content (AvgIpc) is 2.87. The fraction of sp³-hybridized carbons (Fsp3) is 0.154. The zero-order valence-corrected chi connectivity index (χ0v) is 20.2. The number of carbonyl (C=O) groups is 3. The third-order valence-electron chi connectivity index (χ3n) is 4.53. The molecule has 0 unspecified atom stereocenters. The highest BCUT2D eigenvalue weighted by molar-refractivity contribution is 6.39. The summed E-state index contributed by atoms with van der Waals surface area (Å²) in [6.07, 6.45) is 2.27. The van der Waals surface area contributed by atoms with Crippen LogP contribution in [0.4, 0.5) is 11.4 Å². The summed E-state index contributed by atoms with van der Waals surface area (Å²) in [4.78, 5) is 36.0. The van der Waals surface area contributed by atoms with Crippen LogP contribution in [-0.4, -0.2) is 37.1 Å². The summed E-state index contributed by atoms with van der Waals surface area (Å²) in [6, 6.07) is 20.2. The molecule has 9 nitrogen and oxygen atoms in total. The van der Waals surface area contributed by atoms with E-state index in [4.69, 9.17) is 21.1 Å². The maximum absolute atomic E-state index is 12.0. The molecular weight excluding hydrogens is 484 g/mol. The molecule has 186 valence electrons. The number of hydrogen-bond donors (Lipinski definition) is 3. The minimum atomic E-state index is -0.914. The van der Waals surface area contributed by atoms with E-state index in [2.05, 4.69) is 21.2 Å². The van der Waals surface area contributed by atoms with Crippen molar-refractivity contribution in [3.8, 4) is 11.5 Å². The first-order chi connectivity index (χ1) is 17.4. The second-order valence-electron chi connectivity index (χ2n) is 7.44. The Kier molecular flexibility index (Phi) is 9.84. The van der Waals surface area contributed by atoms with Gasteiger partial charge in [0.15, 0.2) is 6.61 Å². The van der Waals surface area contributed by atoms with Crippen LogP contribution in [0.1, 0.15) is 18.9 Å².